The van der Waals surface area contributed by atoms with E-state index in [9.17, 15) is 9.59 Å². The molecule has 10 heteroatoms. The van der Waals surface area contributed by atoms with Crippen LogP contribution >= 0.6 is 0 Å². The van der Waals surface area contributed by atoms with Crippen molar-refractivity contribution in [3.05, 3.63) is 24.4 Å². The van der Waals surface area contributed by atoms with E-state index in [1.54, 1.807) is 12.0 Å². The molecule has 2 aliphatic rings. The number of imidazole rings is 1. The average molecular weight is 401 g/mol. The van der Waals surface area contributed by atoms with Crippen molar-refractivity contribution in [3.63, 3.8) is 0 Å². The molecular formula is C19H23N5O5. The molecule has 2 aromatic rings. The molecule has 1 unspecified atom stereocenters. The summed E-state index contributed by atoms with van der Waals surface area (Å²) in [6.45, 7) is 1.93. The smallest absolute Gasteiger partial charge is 0.415 e. The molecule has 3 N–H and O–H groups in total. The fourth-order valence-electron chi connectivity index (χ4n) is 3.49. The molecule has 4 rings (SSSR count). The number of carbonyl (C=O) groups is 2. The number of nitrogens with one attached hydrogen (secondary N) is 1. The van der Waals surface area contributed by atoms with E-state index in [-0.39, 0.29) is 12.6 Å². The van der Waals surface area contributed by atoms with E-state index in [1.807, 2.05) is 29.0 Å². The van der Waals surface area contributed by atoms with Crippen molar-refractivity contribution in [2.45, 2.75) is 19.0 Å². The third-order valence-corrected chi connectivity index (χ3v) is 4.91. The lowest BCUT2D eigenvalue weighted by Gasteiger charge is -2.18. The zero-order chi connectivity index (χ0) is 20.4. The second-order valence-electron chi connectivity index (χ2n) is 6.88. The molecule has 10 nitrogen and oxygen atoms in total. The van der Waals surface area contributed by atoms with Crippen molar-refractivity contribution in [3.8, 4) is 17.1 Å². The summed E-state index contributed by atoms with van der Waals surface area (Å²) in [6.07, 6.45) is 2.11. The lowest BCUT2D eigenvalue weighted by Crippen LogP contribution is -2.34. The fraction of sp³-hybridized carbons (Fsp3) is 0.421. The molecular weight excluding hydrogens is 378 g/mol. The highest BCUT2D eigenvalue weighted by Gasteiger charge is 2.36. The molecule has 1 aromatic carbocycles. The van der Waals surface area contributed by atoms with Crippen molar-refractivity contribution in [1.82, 2.24) is 9.55 Å². The van der Waals surface area contributed by atoms with Gasteiger partial charge in [0.1, 0.15) is 24.8 Å². The van der Waals surface area contributed by atoms with Gasteiger partial charge in [0, 0.05) is 31.7 Å². The summed E-state index contributed by atoms with van der Waals surface area (Å²) in [5.74, 6) is 1.46. The van der Waals surface area contributed by atoms with Gasteiger partial charge in [-0.1, -0.05) is 0 Å². The number of benzene rings is 1. The monoisotopic (exact) mass is 401 g/mol. The minimum absolute atomic E-state index is 0.0392. The number of nitrogens with zero attached hydrogens (tertiary/aromatic N) is 3. The molecule has 154 valence electrons. The van der Waals surface area contributed by atoms with E-state index in [4.69, 9.17) is 24.9 Å². The third kappa shape index (κ3) is 3.83. The van der Waals surface area contributed by atoms with Gasteiger partial charge in [0.15, 0.2) is 5.82 Å². The van der Waals surface area contributed by atoms with Gasteiger partial charge in [-0.3, -0.25) is 9.69 Å². The summed E-state index contributed by atoms with van der Waals surface area (Å²) in [5.41, 5.74) is 6.72. The van der Waals surface area contributed by atoms with Crippen molar-refractivity contribution >= 4 is 23.5 Å². The van der Waals surface area contributed by atoms with Gasteiger partial charge in [0.25, 0.3) is 0 Å². The van der Waals surface area contributed by atoms with Crippen LogP contribution in [0.3, 0.4) is 0 Å². The lowest BCUT2D eigenvalue weighted by molar-refractivity contribution is -0.116. The summed E-state index contributed by atoms with van der Waals surface area (Å²) in [5, 5.41) is 2.96. The Balaban J connectivity index is 1.64. The molecule has 0 saturated carbocycles. The molecule has 2 aliphatic heterocycles. The quantitative estimate of drug-likeness (QED) is 0.715. The van der Waals surface area contributed by atoms with Gasteiger partial charge in [-0.2, -0.15) is 0 Å². The molecule has 0 radical (unpaired) electrons. The molecule has 1 saturated heterocycles. The van der Waals surface area contributed by atoms with Crippen LogP contribution in [0.15, 0.2) is 24.4 Å². The Kier molecular flexibility index (Phi) is 5.26. The van der Waals surface area contributed by atoms with Gasteiger partial charge in [0.2, 0.25) is 5.91 Å². The standard InChI is InChI=1S/C19H23N5O5/c1-27-6-4-13-11-29-19(26)24(13)17-10-23-5-7-28-15-8-12(21-9-16(20)25)2-3-14(15)18(23)22-17/h2-3,8,10,13,21H,4-7,9,11H2,1H3,(H2,20,25). The Morgan fingerprint density at radius 3 is 3.07 bits per heavy atom. The number of hydrogen-bond acceptors (Lipinski definition) is 7. The predicted octanol–water partition coefficient (Wildman–Crippen LogP) is 1.20. The summed E-state index contributed by atoms with van der Waals surface area (Å²) in [7, 11) is 1.63. The van der Waals surface area contributed by atoms with E-state index >= 15 is 0 Å². The number of methoxy groups -OCH3 is 1. The zero-order valence-corrected chi connectivity index (χ0v) is 16.1. The minimum atomic E-state index is -0.443. The van der Waals surface area contributed by atoms with Crippen LogP contribution in [0.2, 0.25) is 0 Å². The third-order valence-electron chi connectivity index (χ3n) is 4.91. The molecule has 0 aliphatic carbocycles. The number of amides is 2. The maximum absolute atomic E-state index is 12.3. The first kappa shape index (κ1) is 19.1. The molecule has 29 heavy (non-hydrogen) atoms. The lowest BCUT2D eigenvalue weighted by atomic mass is 10.1. The van der Waals surface area contributed by atoms with Crippen LogP contribution < -0.4 is 20.7 Å². The maximum Gasteiger partial charge on any atom is 0.415 e. The summed E-state index contributed by atoms with van der Waals surface area (Å²) in [6, 6.07) is 5.41. The first-order valence-corrected chi connectivity index (χ1v) is 9.38. The Morgan fingerprint density at radius 1 is 1.41 bits per heavy atom. The van der Waals surface area contributed by atoms with Crippen LogP contribution in [0.1, 0.15) is 6.42 Å². The summed E-state index contributed by atoms with van der Waals surface area (Å²) >= 11 is 0. The highest BCUT2D eigenvalue weighted by Crippen LogP contribution is 2.36. The van der Waals surface area contributed by atoms with Crippen LogP contribution in [0.4, 0.5) is 16.3 Å². The van der Waals surface area contributed by atoms with Gasteiger partial charge < -0.3 is 29.8 Å². The van der Waals surface area contributed by atoms with Gasteiger partial charge in [-0.15, -0.1) is 0 Å². The Bertz CT molecular complexity index is 928. The number of nitrogens with two attached hydrogens (primary N) is 1. The van der Waals surface area contributed by atoms with Gasteiger partial charge in [0.05, 0.1) is 24.7 Å². The predicted molar refractivity (Wildman–Crippen MR) is 105 cm³/mol. The fourth-order valence-corrected chi connectivity index (χ4v) is 3.49. The molecule has 1 atom stereocenters. The SMILES string of the molecule is COCCC1COC(=O)N1c1cn2c(n1)-c1ccc(NCC(N)=O)cc1OCC2. The Morgan fingerprint density at radius 2 is 2.28 bits per heavy atom. The molecule has 1 fully saturated rings. The van der Waals surface area contributed by atoms with Crippen molar-refractivity contribution in [1.29, 1.82) is 0 Å². The number of ether oxygens (including phenoxy) is 3. The Labute approximate surface area is 167 Å². The molecule has 0 spiro atoms. The molecule has 0 bridgehead atoms. The number of fused-ring (bicyclic) bond motifs is 3. The molecule has 1 aromatic heterocycles. The number of hydrogen-bond donors (Lipinski definition) is 2. The molecule has 2 amide bonds. The average Bonchev–Trinajstić information content (AvgIpc) is 3.23. The van der Waals surface area contributed by atoms with Gasteiger partial charge in [-0.05, 0) is 18.6 Å². The normalized spacial score (nSPS) is 17.8. The van der Waals surface area contributed by atoms with E-state index in [2.05, 4.69) is 5.32 Å². The van der Waals surface area contributed by atoms with Crippen LogP contribution in [-0.4, -0.2) is 61.1 Å². The van der Waals surface area contributed by atoms with Crippen molar-refractivity contribution in [2.24, 2.45) is 5.73 Å². The maximum atomic E-state index is 12.3. The van der Waals surface area contributed by atoms with E-state index in [0.717, 1.165) is 11.3 Å². The van der Waals surface area contributed by atoms with Gasteiger partial charge >= 0.3 is 6.09 Å². The number of aromatic nitrogens is 2. The summed E-state index contributed by atoms with van der Waals surface area (Å²) in [4.78, 5) is 29.6. The highest BCUT2D eigenvalue weighted by atomic mass is 16.6. The van der Waals surface area contributed by atoms with E-state index in [0.29, 0.717) is 50.2 Å². The first-order valence-electron chi connectivity index (χ1n) is 9.38. The van der Waals surface area contributed by atoms with Crippen LogP contribution in [0.5, 0.6) is 5.75 Å². The topological polar surface area (TPSA) is 121 Å². The van der Waals surface area contributed by atoms with Crippen LogP contribution in [-0.2, 0) is 20.8 Å². The largest absolute Gasteiger partial charge is 0.491 e. The summed E-state index contributed by atoms with van der Waals surface area (Å²) < 4.78 is 18.2. The number of carbonyl (C=O) groups excluding carboxylic acids is 2. The van der Waals surface area contributed by atoms with Crippen LogP contribution in [0, 0.1) is 0 Å². The number of primary amides is 1. The second-order valence-corrected chi connectivity index (χ2v) is 6.88. The number of anilines is 2. The van der Waals surface area contributed by atoms with E-state index in [1.165, 1.54) is 0 Å². The minimum Gasteiger partial charge on any atom is -0.491 e. The first-order chi connectivity index (χ1) is 14.1. The van der Waals surface area contributed by atoms with Crippen molar-refractivity contribution < 1.29 is 23.8 Å². The second kappa shape index (κ2) is 8.00. The Hall–Kier alpha value is -3.27. The van der Waals surface area contributed by atoms with E-state index < -0.39 is 12.0 Å². The number of rotatable bonds is 7. The zero-order valence-electron chi connectivity index (χ0n) is 16.1. The van der Waals surface area contributed by atoms with Crippen molar-refractivity contribution in [2.75, 3.05) is 43.7 Å². The molecule has 3 heterocycles. The van der Waals surface area contributed by atoms with Gasteiger partial charge in [-0.25, -0.2) is 9.78 Å². The number of cyclic esters (lactones) is 1. The van der Waals surface area contributed by atoms with Crippen LogP contribution in [0.25, 0.3) is 11.4 Å². The highest BCUT2D eigenvalue weighted by molar-refractivity contribution is 5.89.